The van der Waals surface area contributed by atoms with E-state index in [1.807, 2.05) is 0 Å². The number of hydrogen-bond acceptors (Lipinski definition) is 4. The van der Waals surface area contributed by atoms with Gasteiger partial charge in [-0.25, -0.2) is 0 Å². The lowest BCUT2D eigenvalue weighted by Crippen LogP contribution is -2.25. The Bertz CT molecular complexity index is 894. The minimum atomic E-state index is -4.58. The number of hydrogen-bond donors (Lipinski definition) is 1. The van der Waals surface area contributed by atoms with Crippen LogP contribution in [0.2, 0.25) is 5.02 Å². The molecule has 0 saturated carbocycles. The number of ketones is 1. The van der Waals surface area contributed by atoms with Gasteiger partial charge in [-0.3, -0.25) is 9.78 Å². The van der Waals surface area contributed by atoms with Crippen LogP contribution in [0.3, 0.4) is 0 Å². The number of benzene rings is 1. The Labute approximate surface area is 158 Å². The fourth-order valence-electron chi connectivity index (χ4n) is 3.17. The van der Waals surface area contributed by atoms with E-state index in [0.29, 0.717) is 17.5 Å². The third kappa shape index (κ3) is 3.93. The molecule has 4 nitrogen and oxygen atoms in total. The molecule has 0 amide bonds. The highest BCUT2D eigenvalue weighted by Crippen LogP contribution is 2.44. The maximum absolute atomic E-state index is 12.9. The highest BCUT2D eigenvalue weighted by Gasteiger charge is 2.38. The highest BCUT2D eigenvalue weighted by molar-refractivity contribution is 6.31. The molecule has 1 aromatic heterocycles. The van der Waals surface area contributed by atoms with Gasteiger partial charge in [-0.1, -0.05) is 23.7 Å². The van der Waals surface area contributed by atoms with Crippen molar-refractivity contribution in [3.63, 3.8) is 0 Å². The number of methoxy groups -OCH3 is 1. The van der Waals surface area contributed by atoms with Crippen LogP contribution in [-0.4, -0.2) is 23.0 Å². The van der Waals surface area contributed by atoms with Gasteiger partial charge in [0, 0.05) is 24.6 Å². The van der Waals surface area contributed by atoms with Gasteiger partial charge in [0.15, 0.2) is 5.78 Å². The Morgan fingerprint density at radius 2 is 1.93 bits per heavy atom. The van der Waals surface area contributed by atoms with Crippen molar-refractivity contribution in [3.05, 3.63) is 70.2 Å². The van der Waals surface area contributed by atoms with E-state index in [1.54, 1.807) is 24.3 Å². The van der Waals surface area contributed by atoms with Crippen molar-refractivity contribution in [3.8, 4) is 5.75 Å². The van der Waals surface area contributed by atoms with E-state index in [0.717, 1.165) is 12.1 Å². The van der Waals surface area contributed by atoms with Gasteiger partial charge in [0.2, 0.25) is 0 Å². The van der Waals surface area contributed by atoms with Crippen LogP contribution < -0.4 is 4.74 Å². The second-order valence-electron chi connectivity index (χ2n) is 6.19. The Hall–Kier alpha value is -2.54. The molecule has 0 saturated heterocycles. The number of aliphatic hydroxyl groups is 1. The van der Waals surface area contributed by atoms with Crippen LogP contribution in [0.15, 0.2) is 48.4 Å². The van der Waals surface area contributed by atoms with Crippen LogP contribution in [0.5, 0.6) is 5.75 Å². The first-order valence-electron chi connectivity index (χ1n) is 8.00. The molecule has 1 aliphatic carbocycles. The van der Waals surface area contributed by atoms with Gasteiger partial charge in [0.25, 0.3) is 0 Å². The summed E-state index contributed by atoms with van der Waals surface area (Å²) in [5.41, 5.74) is -0.218. The van der Waals surface area contributed by atoms with Crippen molar-refractivity contribution in [1.82, 2.24) is 4.98 Å². The maximum Gasteiger partial charge on any atom is 0.417 e. The van der Waals surface area contributed by atoms with E-state index >= 15 is 0 Å². The third-order valence-corrected chi connectivity index (χ3v) is 4.79. The molecule has 2 atom stereocenters. The molecule has 1 N–H and O–H groups in total. The summed E-state index contributed by atoms with van der Waals surface area (Å²) in [6.45, 7) is 0. The van der Waals surface area contributed by atoms with Crippen molar-refractivity contribution in [2.45, 2.75) is 24.4 Å². The number of rotatable bonds is 3. The first kappa shape index (κ1) is 19.2. The average molecular weight is 398 g/mol. The fraction of sp³-hybridized carbons (Fsp3) is 0.263. The summed E-state index contributed by atoms with van der Waals surface area (Å²) in [7, 11) is 1.52. The monoisotopic (exact) mass is 397 g/mol. The molecular formula is C19H15ClF3NO3. The van der Waals surface area contributed by atoms with Gasteiger partial charge in [-0.05, 0) is 23.8 Å². The van der Waals surface area contributed by atoms with Gasteiger partial charge in [-0.15, -0.1) is 0 Å². The minimum absolute atomic E-state index is 0.0548. The Balaban J connectivity index is 2.05. The maximum atomic E-state index is 12.9. The van der Waals surface area contributed by atoms with Crippen LogP contribution in [-0.2, 0) is 11.0 Å². The van der Waals surface area contributed by atoms with E-state index in [2.05, 4.69) is 4.98 Å². The van der Waals surface area contributed by atoms with Crippen molar-refractivity contribution < 1.29 is 27.8 Å². The third-order valence-electron chi connectivity index (χ3n) is 4.48. The first-order chi connectivity index (χ1) is 12.7. The SMILES string of the molecule is COc1ccc([C@H]2CC(O)=CC(=O)[C@@H]2c2ncc(C(F)(F)F)cc2Cl)cc1. The van der Waals surface area contributed by atoms with E-state index in [-0.39, 0.29) is 22.9 Å². The van der Waals surface area contributed by atoms with Gasteiger partial charge in [-0.2, -0.15) is 13.2 Å². The largest absolute Gasteiger partial charge is 0.512 e. The molecule has 1 aromatic carbocycles. The number of halogens is 4. The Kier molecular flexibility index (Phi) is 5.15. The van der Waals surface area contributed by atoms with Crippen LogP contribution in [0.1, 0.15) is 35.1 Å². The summed E-state index contributed by atoms with van der Waals surface area (Å²) in [6, 6.07) is 7.64. The predicted molar refractivity (Wildman–Crippen MR) is 93.1 cm³/mol. The zero-order valence-corrected chi connectivity index (χ0v) is 14.9. The van der Waals surface area contributed by atoms with Crippen LogP contribution in [0, 0.1) is 0 Å². The molecule has 2 aromatic rings. The van der Waals surface area contributed by atoms with E-state index in [4.69, 9.17) is 16.3 Å². The normalized spacial score (nSPS) is 20.3. The number of aliphatic hydroxyl groups excluding tert-OH is 1. The molecule has 0 spiro atoms. The van der Waals surface area contributed by atoms with Gasteiger partial charge in [0.05, 0.1) is 35.1 Å². The number of alkyl halides is 3. The minimum Gasteiger partial charge on any atom is -0.512 e. The van der Waals surface area contributed by atoms with Crippen molar-refractivity contribution in [2.75, 3.05) is 7.11 Å². The average Bonchev–Trinajstić information content (AvgIpc) is 2.61. The second-order valence-corrected chi connectivity index (χ2v) is 6.60. The van der Waals surface area contributed by atoms with Crippen LogP contribution >= 0.6 is 11.6 Å². The molecule has 0 bridgehead atoms. The molecule has 0 radical (unpaired) electrons. The molecule has 1 aliphatic rings. The zero-order chi connectivity index (χ0) is 19.8. The Morgan fingerprint density at radius 1 is 1.26 bits per heavy atom. The molecule has 142 valence electrons. The standard InChI is InChI=1S/C19H15ClF3NO3/c1-27-13-4-2-10(3-5-13)14-7-12(25)8-16(26)17(14)18-15(20)6-11(9-24-18)19(21,22)23/h2-6,8-9,14,17,25H,7H2,1H3/t14-,17-/m1/s1. The number of carbonyl (C=O) groups is 1. The van der Waals surface area contributed by atoms with Crippen molar-refractivity contribution in [2.24, 2.45) is 0 Å². The number of carbonyl (C=O) groups excluding carboxylic acids is 1. The lowest BCUT2D eigenvalue weighted by Gasteiger charge is -2.29. The van der Waals surface area contributed by atoms with Crippen LogP contribution in [0.4, 0.5) is 13.2 Å². The van der Waals surface area contributed by atoms with Crippen molar-refractivity contribution >= 4 is 17.4 Å². The summed E-state index contributed by atoms with van der Waals surface area (Å²) < 4.78 is 43.7. The molecule has 1 heterocycles. The highest BCUT2D eigenvalue weighted by atomic mass is 35.5. The summed E-state index contributed by atoms with van der Waals surface area (Å²) >= 11 is 6.05. The number of nitrogens with zero attached hydrogens (tertiary/aromatic N) is 1. The van der Waals surface area contributed by atoms with E-state index in [9.17, 15) is 23.1 Å². The van der Waals surface area contributed by atoms with Gasteiger partial charge < -0.3 is 9.84 Å². The molecular weight excluding hydrogens is 383 g/mol. The molecule has 0 unspecified atom stereocenters. The number of aromatic nitrogens is 1. The predicted octanol–water partition coefficient (Wildman–Crippen LogP) is 5.04. The molecule has 0 fully saturated rings. The molecule has 8 heteroatoms. The first-order valence-corrected chi connectivity index (χ1v) is 8.38. The number of ether oxygens (including phenoxy) is 1. The summed E-state index contributed by atoms with van der Waals surface area (Å²) in [5, 5.41) is 9.67. The smallest absolute Gasteiger partial charge is 0.417 e. The number of allylic oxidation sites excluding steroid dienone is 2. The lowest BCUT2D eigenvalue weighted by atomic mass is 9.75. The fourth-order valence-corrected chi connectivity index (χ4v) is 3.46. The van der Waals surface area contributed by atoms with E-state index < -0.39 is 29.4 Å². The quantitative estimate of drug-likeness (QED) is 0.787. The van der Waals surface area contributed by atoms with Gasteiger partial charge in [0.1, 0.15) is 5.75 Å². The van der Waals surface area contributed by atoms with Gasteiger partial charge >= 0.3 is 6.18 Å². The molecule has 0 aliphatic heterocycles. The molecule has 3 rings (SSSR count). The Morgan fingerprint density at radius 3 is 2.48 bits per heavy atom. The number of pyridine rings is 1. The topological polar surface area (TPSA) is 59.4 Å². The van der Waals surface area contributed by atoms with Crippen LogP contribution in [0.25, 0.3) is 0 Å². The summed E-state index contributed by atoms with van der Waals surface area (Å²) in [4.78, 5) is 16.4. The lowest BCUT2D eigenvalue weighted by molar-refractivity contribution is -0.137. The summed E-state index contributed by atoms with van der Waals surface area (Å²) in [5.74, 6) is -1.36. The zero-order valence-electron chi connectivity index (χ0n) is 14.1. The van der Waals surface area contributed by atoms with E-state index in [1.165, 1.54) is 7.11 Å². The van der Waals surface area contributed by atoms with Crippen molar-refractivity contribution in [1.29, 1.82) is 0 Å². The summed E-state index contributed by atoms with van der Waals surface area (Å²) in [6.07, 6.45) is -2.71. The molecule has 27 heavy (non-hydrogen) atoms. The second kappa shape index (κ2) is 7.23.